The predicted molar refractivity (Wildman–Crippen MR) is 187 cm³/mol. The molecule has 2 aromatic carbocycles. The molecular formula is C39H51N5O5. The number of carboxylic acid groups (broad SMARTS) is 1. The molecule has 49 heavy (non-hydrogen) atoms. The van der Waals surface area contributed by atoms with Crippen LogP contribution < -0.4 is 5.32 Å². The molecule has 4 aliphatic heterocycles. The van der Waals surface area contributed by atoms with Crippen LogP contribution in [0.2, 0.25) is 0 Å². The zero-order valence-corrected chi connectivity index (χ0v) is 28.7. The summed E-state index contributed by atoms with van der Waals surface area (Å²) in [5.74, 6) is 0.117. The van der Waals surface area contributed by atoms with E-state index >= 15 is 0 Å². The zero-order valence-electron chi connectivity index (χ0n) is 28.7. The van der Waals surface area contributed by atoms with Crippen molar-refractivity contribution in [2.45, 2.75) is 83.2 Å². The summed E-state index contributed by atoms with van der Waals surface area (Å²) in [7, 11) is 0. The van der Waals surface area contributed by atoms with Crippen molar-refractivity contribution < 1.29 is 24.3 Å². The summed E-state index contributed by atoms with van der Waals surface area (Å²) in [6.45, 7) is 4.98. The van der Waals surface area contributed by atoms with E-state index in [0.717, 1.165) is 94.4 Å². The number of piperidine rings is 3. The normalized spacial score (nSPS) is 21.6. The van der Waals surface area contributed by atoms with Gasteiger partial charge in [0.25, 0.3) is 0 Å². The predicted octanol–water partition coefficient (Wildman–Crippen LogP) is 4.80. The van der Waals surface area contributed by atoms with Crippen molar-refractivity contribution >= 4 is 29.5 Å². The van der Waals surface area contributed by atoms with Crippen molar-refractivity contribution in [2.75, 3.05) is 51.1 Å². The first-order chi connectivity index (χ1) is 23.8. The lowest BCUT2D eigenvalue weighted by atomic mass is 9.78. The van der Waals surface area contributed by atoms with E-state index in [4.69, 9.17) is 5.11 Å². The lowest BCUT2D eigenvalue weighted by Gasteiger charge is -2.41. The van der Waals surface area contributed by atoms with Crippen LogP contribution in [0.1, 0.15) is 73.6 Å². The van der Waals surface area contributed by atoms with Gasteiger partial charge in [-0.3, -0.25) is 19.3 Å². The lowest BCUT2D eigenvalue weighted by Crippen LogP contribution is -2.51. The number of hydrogen-bond donors (Lipinski definition) is 2. The van der Waals surface area contributed by atoms with Gasteiger partial charge in [0.2, 0.25) is 11.8 Å². The van der Waals surface area contributed by atoms with Crippen LogP contribution in [0.25, 0.3) is 0 Å². The summed E-state index contributed by atoms with van der Waals surface area (Å²) in [5.41, 5.74) is 5.92. The molecule has 10 heteroatoms. The molecule has 1 aliphatic carbocycles. The van der Waals surface area contributed by atoms with Gasteiger partial charge in [-0.05, 0) is 117 Å². The monoisotopic (exact) mass is 669 g/mol. The minimum atomic E-state index is -0.763. The van der Waals surface area contributed by atoms with Gasteiger partial charge >= 0.3 is 12.0 Å². The van der Waals surface area contributed by atoms with Crippen molar-refractivity contribution in [3.8, 4) is 0 Å². The Morgan fingerprint density at radius 1 is 0.796 bits per heavy atom. The second-order valence-corrected chi connectivity index (χ2v) is 15.1. The van der Waals surface area contributed by atoms with E-state index in [2.05, 4.69) is 29.6 Å². The maximum absolute atomic E-state index is 14.2. The SMILES string of the molecule is O=C(O)CN1CCC(C2CCN(C(=O)C(CC(=O)N3CCC(N4Cc5ccccc5NC4=O)CC3)Cc3ccc4c(c3)CCC4)CC2)CC1. The Bertz CT molecular complexity index is 1540. The number of carboxylic acids is 1. The minimum absolute atomic E-state index is 0.0365. The third kappa shape index (κ3) is 7.79. The van der Waals surface area contributed by atoms with Crippen LogP contribution in [-0.4, -0.2) is 100 Å². The zero-order chi connectivity index (χ0) is 33.9. The molecule has 2 N–H and O–H groups in total. The van der Waals surface area contributed by atoms with Gasteiger partial charge in [-0.1, -0.05) is 36.4 Å². The molecule has 1 unspecified atom stereocenters. The molecule has 10 nitrogen and oxygen atoms in total. The van der Waals surface area contributed by atoms with Crippen molar-refractivity contribution in [1.82, 2.24) is 19.6 Å². The summed E-state index contributed by atoms with van der Waals surface area (Å²) >= 11 is 0. The van der Waals surface area contributed by atoms with Crippen molar-refractivity contribution in [3.63, 3.8) is 0 Å². The van der Waals surface area contributed by atoms with E-state index in [-0.39, 0.29) is 36.9 Å². The van der Waals surface area contributed by atoms with Crippen LogP contribution in [0.4, 0.5) is 10.5 Å². The second-order valence-electron chi connectivity index (χ2n) is 15.1. The van der Waals surface area contributed by atoms with Crippen LogP contribution in [0.5, 0.6) is 0 Å². The highest BCUT2D eigenvalue weighted by Gasteiger charge is 2.37. The highest BCUT2D eigenvalue weighted by Crippen LogP contribution is 2.34. The van der Waals surface area contributed by atoms with E-state index in [0.29, 0.717) is 37.9 Å². The highest BCUT2D eigenvalue weighted by molar-refractivity contribution is 5.92. The highest BCUT2D eigenvalue weighted by atomic mass is 16.4. The fourth-order valence-electron chi connectivity index (χ4n) is 9.19. The number of rotatable bonds is 9. The summed E-state index contributed by atoms with van der Waals surface area (Å²) in [6.07, 6.45) is 9.60. The van der Waals surface area contributed by atoms with Crippen molar-refractivity contribution in [2.24, 2.45) is 17.8 Å². The van der Waals surface area contributed by atoms with Gasteiger partial charge in [-0.25, -0.2) is 4.79 Å². The number of nitrogens with zero attached hydrogens (tertiary/aromatic N) is 4. The number of urea groups is 1. The number of benzene rings is 2. The number of carbonyl (C=O) groups is 4. The summed E-state index contributed by atoms with van der Waals surface area (Å²) < 4.78 is 0. The quantitative estimate of drug-likeness (QED) is 0.397. The molecule has 5 aliphatic rings. The molecule has 3 saturated heterocycles. The summed E-state index contributed by atoms with van der Waals surface area (Å²) in [5, 5.41) is 12.2. The van der Waals surface area contributed by atoms with Crippen LogP contribution >= 0.6 is 0 Å². The van der Waals surface area contributed by atoms with Gasteiger partial charge in [0.1, 0.15) is 0 Å². The van der Waals surface area contributed by atoms with Gasteiger partial charge < -0.3 is 25.1 Å². The number of carbonyl (C=O) groups excluding carboxylic acids is 3. The first-order valence-corrected chi connectivity index (χ1v) is 18.6. The fraction of sp³-hybridized carbons (Fsp3) is 0.590. The molecule has 0 aromatic heterocycles. The number of aryl methyl sites for hydroxylation is 2. The van der Waals surface area contributed by atoms with Crippen LogP contribution in [0.3, 0.4) is 0 Å². The molecule has 262 valence electrons. The van der Waals surface area contributed by atoms with E-state index in [1.807, 2.05) is 37.8 Å². The van der Waals surface area contributed by atoms with E-state index in [1.54, 1.807) is 0 Å². The molecule has 4 amide bonds. The molecule has 7 rings (SSSR count). The van der Waals surface area contributed by atoms with Gasteiger partial charge in [0.15, 0.2) is 0 Å². The number of nitrogens with one attached hydrogen (secondary N) is 1. The largest absolute Gasteiger partial charge is 0.480 e. The molecule has 2 aromatic rings. The Labute approximate surface area is 289 Å². The number of aliphatic carboxylic acids is 1. The van der Waals surface area contributed by atoms with Crippen LogP contribution in [0.15, 0.2) is 42.5 Å². The minimum Gasteiger partial charge on any atom is -0.480 e. The fourth-order valence-corrected chi connectivity index (χ4v) is 9.19. The molecule has 3 fully saturated rings. The Morgan fingerprint density at radius 2 is 1.47 bits per heavy atom. The molecular weight excluding hydrogens is 618 g/mol. The van der Waals surface area contributed by atoms with Crippen LogP contribution in [-0.2, 0) is 40.2 Å². The Hall–Kier alpha value is -3.92. The standard InChI is InChI=1S/C39H51N5O5/c45-36(42-20-14-34(15-21-42)44-25-32-4-1-2-7-35(32)40-39(44)49)24-33(23-27-8-9-28-5-3-6-31(28)22-27)38(48)43-18-12-30(13-19-43)29-10-16-41(17-11-29)26-37(46)47/h1-2,4,7-9,22,29-30,33-34H,3,5-6,10-21,23-26H2,(H,40,49)(H,46,47). The Morgan fingerprint density at radius 3 is 2.20 bits per heavy atom. The smallest absolute Gasteiger partial charge is 0.322 e. The van der Waals surface area contributed by atoms with E-state index in [1.165, 1.54) is 17.5 Å². The van der Waals surface area contributed by atoms with Gasteiger partial charge in [0.05, 0.1) is 12.5 Å². The number of fused-ring (bicyclic) bond motifs is 2. The first-order valence-electron chi connectivity index (χ1n) is 18.6. The summed E-state index contributed by atoms with van der Waals surface area (Å²) in [4.78, 5) is 60.0. The number of hydrogen-bond acceptors (Lipinski definition) is 5. The number of amides is 4. The Balaban J connectivity index is 0.962. The number of para-hydroxylation sites is 1. The Kier molecular flexibility index (Phi) is 10.2. The molecule has 4 heterocycles. The molecule has 0 radical (unpaired) electrons. The molecule has 0 spiro atoms. The lowest BCUT2D eigenvalue weighted by molar-refractivity contribution is -0.143. The maximum Gasteiger partial charge on any atom is 0.322 e. The summed E-state index contributed by atoms with van der Waals surface area (Å²) in [6, 6.07) is 14.6. The first kappa shape index (κ1) is 33.6. The maximum atomic E-state index is 14.2. The number of likely N-dealkylation sites (tertiary alicyclic amines) is 3. The average Bonchev–Trinajstić information content (AvgIpc) is 3.59. The topological polar surface area (TPSA) is 114 Å². The van der Waals surface area contributed by atoms with Crippen molar-refractivity contribution in [1.29, 1.82) is 0 Å². The van der Waals surface area contributed by atoms with E-state index in [9.17, 15) is 19.2 Å². The van der Waals surface area contributed by atoms with Gasteiger partial charge in [-0.2, -0.15) is 0 Å². The van der Waals surface area contributed by atoms with Gasteiger partial charge in [-0.15, -0.1) is 0 Å². The van der Waals surface area contributed by atoms with Gasteiger partial charge in [0, 0.05) is 50.9 Å². The third-order valence-corrected chi connectivity index (χ3v) is 12.0. The molecule has 0 saturated carbocycles. The molecule has 0 bridgehead atoms. The molecule has 1 atom stereocenters. The van der Waals surface area contributed by atoms with E-state index < -0.39 is 11.9 Å². The third-order valence-electron chi connectivity index (χ3n) is 12.0. The second kappa shape index (κ2) is 14.9. The number of anilines is 1. The van der Waals surface area contributed by atoms with Crippen LogP contribution in [0, 0.1) is 17.8 Å². The van der Waals surface area contributed by atoms with Crippen molar-refractivity contribution in [3.05, 3.63) is 64.7 Å². The average molecular weight is 670 g/mol.